The molecule has 0 bridgehead atoms. The van der Waals surface area contributed by atoms with Crippen molar-refractivity contribution in [3.05, 3.63) is 42.0 Å². The Kier molecular flexibility index (Phi) is 5.37. The first-order valence-electron chi connectivity index (χ1n) is 5.50. The molecule has 90 valence electrons. The molecular formula is C13H13NaO3S. The summed E-state index contributed by atoms with van der Waals surface area (Å²) in [5.41, 5.74) is 1.05. The van der Waals surface area contributed by atoms with Crippen molar-refractivity contribution < 1.29 is 42.5 Å². The molecular weight excluding hydrogens is 259 g/mol. The maximum Gasteiger partial charge on any atom is 1.00 e. The summed E-state index contributed by atoms with van der Waals surface area (Å²) in [4.78, 5) is -0.132. The Morgan fingerprint density at radius 2 is 1.89 bits per heavy atom. The molecule has 0 fully saturated rings. The van der Waals surface area contributed by atoms with E-state index in [1.807, 2.05) is 12.1 Å². The molecule has 0 radical (unpaired) electrons. The van der Waals surface area contributed by atoms with Gasteiger partial charge in [0.05, 0.1) is 4.90 Å². The fourth-order valence-corrected chi connectivity index (χ4v) is 2.64. The van der Waals surface area contributed by atoms with Crippen LogP contribution < -0.4 is 29.6 Å². The van der Waals surface area contributed by atoms with Crippen LogP contribution in [0.1, 0.15) is 18.9 Å². The largest absolute Gasteiger partial charge is 1.00 e. The minimum absolute atomic E-state index is 0. The van der Waals surface area contributed by atoms with E-state index in [1.165, 1.54) is 6.07 Å². The van der Waals surface area contributed by atoms with Gasteiger partial charge < -0.3 is 4.55 Å². The van der Waals surface area contributed by atoms with Gasteiger partial charge in [-0.15, -0.1) is 0 Å². The van der Waals surface area contributed by atoms with E-state index >= 15 is 0 Å². The Hall–Kier alpha value is -0.390. The average molecular weight is 272 g/mol. The van der Waals surface area contributed by atoms with Gasteiger partial charge >= 0.3 is 29.6 Å². The van der Waals surface area contributed by atoms with Gasteiger partial charge in [0.25, 0.3) is 0 Å². The molecule has 0 unspecified atom stereocenters. The number of hydrogen-bond donors (Lipinski definition) is 0. The molecule has 0 aliphatic heterocycles. The molecule has 0 aromatic heterocycles. The summed E-state index contributed by atoms with van der Waals surface area (Å²) in [6.45, 7) is 2.06. The molecule has 18 heavy (non-hydrogen) atoms. The van der Waals surface area contributed by atoms with Gasteiger partial charge in [-0.05, 0) is 34.9 Å². The van der Waals surface area contributed by atoms with Crippen molar-refractivity contribution in [2.24, 2.45) is 0 Å². The van der Waals surface area contributed by atoms with Crippen LogP contribution in [0, 0.1) is 0 Å². The van der Waals surface area contributed by atoms with Crippen LogP contribution in [0.4, 0.5) is 0 Å². The molecule has 0 amide bonds. The van der Waals surface area contributed by atoms with Crippen molar-refractivity contribution in [2.45, 2.75) is 24.7 Å². The Balaban J connectivity index is 0.00000162. The third-order valence-electron chi connectivity index (χ3n) is 2.71. The van der Waals surface area contributed by atoms with Crippen LogP contribution in [-0.2, 0) is 16.5 Å². The summed E-state index contributed by atoms with van der Waals surface area (Å²) in [5, 5.41) is 1.30. The van der Waals surface area contributed by atoms with Gasteiger partial charge in [-0.1, -0.05) is 37.6 Å². The minimum atomic E-state index is -4.41. The molecule has 0 N–H and O–H groups in total. The monoisotopic (exact) mass is 272 g/mol. The van der Waals surface area contributed by atoms with Crippen LogP contribution in [0.2, 0.25) is 0 Å². The summed E-state index contributed by atoms with van der Waals surface area (Å²) in [6.07, 6.45) is 1.86. The smallest absolute Gasteiger partial charge is 0.744 e. The second-order valence-corrected chi connectivity index (χ2v) is 5.36. The normalized spacial score (nSPS) is 11.2. The van der Waals surface area contributed by atoms with Crippen LogP contribution in [0.25, 0.3) is 10.8 Å². The number of hydrogen-bond acceptors (Lipinski definition) is 3. The van der Waals surface area contributed by atoms with Crippen molar-refractivity contribution in [2.75, 3.05) is 0 Å². The molecule has 0 saturated carbocycles. The van der Waals surface area contributed by atoms with E-state index in [0.29, 0.717) is 5.39 Å². The molecule has 2 aromatic carbocycles. The number of aryl methyl sites for hydroxylation is 1. The van der Waals surface area contributed by atoms with Gasteiger partial charge in [0.1, 0.15) is 10.1 Å². The van der Waals surface area contributed by atoms with Crippen molar-refractivity contribution in [1.82, 2.24) is 0 Å². The Bertz CT molecular complexity index is 650. The molecule has 5 heteroatoms. The number of rotatable bonds is 3. The summed E-state index contributed by atoms with van der Waals surface area (Å²) < 4.78 is 33.5. The molecule has 0 saturated heterocycles. The SMILES string of the molecule is CCCc1ccc2cccc(S(=O)(=O)[O-])c2c1.[Na+]. The molecule has 3 nitrogen and oxygen atoms in total. The van der Waals surface area contributed by atoms with E-state index < -0.39 is 10.1 Å². The first-order chi connectivity index (χ1) is 8.02. The summed E-state index contributed by atoms with van der Waals surface area (Å²) in [7, 11) is -4.41. The van der Waals surface area contributed by atoms with Gasteiger partial charge in [0, 0.05) is 0 Å². The van der Waals surface area contributed by atoms with Crippen molar-refractivity contribution in [1.29, 1.82) is 0 Å². The van der Waals surface area contributed by atoms with E-state index in [-0.39, 0.29) is 34.5 Å². The summed E-state index contributed by atoms with van der Waals surface area (Å²) >= 11 is 0. The van der Waals surface area contributed by atoms with Crippen molar-refractivity contribution in [3.8, 4) is 0 Å². The quantitative estimate of drug-likeness (QED) is 0.569. The van der Waals surface area contributed by atoms with E-state index in [1.54, 1.807) is 18.2 Å². The molecule has 2 aromatic rings. The van der Waals surface area contributed by atoms with Gasteiger partial charge in [0.15, 0.2) is 0 Å². The first-order valence-corrected chi connectivity index (χ1v) is 6.91. The topological polar surface area (TPSA) is 57.2 Å². The van der Waals surface area contributed by atoms with Crippen molar-refractivity contribution >= 4 is 20.9 Å². The zero-order chi connectivity index (χ0) is 12.5. The van der Waals surface area contributed by atoms with Crippen LogP contribution in [-0.4, -0.2) is 13.0 Å². The minimum Gasteiger partial charge on any atom is -0.744 e. The number of benzene rings is 2. The van der Waals surface area contributed by atoms with Crippen LogP contribution in [0.3, 0.4) is 0 Å². The van der Waals surface area contributed by atoms with E-state index in [9.17, 15) is 13.0 Å². The third kappa shape index (κ3) is 3.33. The standard InChI is InChI=1S/C13H14O3S.Na/c1-2-4-10-7-8-11-5-3-6-13(12(11)9-10)17(14,15)16;/h3,5-9H,2,4H2,1H3,(H,14,15,16);/q;+1/p-1. The molecule has 2 rings (SSSR count). The van der Waals surface area contributed by atoms with Gasteiger partial charge in [0.2, 0.25) is 0 Å². The van der Waals surface area contributed by atoms with Crippen LogP contribution >= 0.6 is 0 Å². The van der Waals surface area contributed by atoms with E-state index in [4.69, 9.17) is 0 Å². The first kappa shape index (κ1) is 15.7. The van der Waals surface area contributed by atoms with E-state index in [2.05, 4.69) is 6.92 Å². The predicted molar refractivity (Wildman–Crippen MR) is 65.9 cm³/mol. The van der Waals surface area contributed by atoms with Crippen molar-refractivity contribution in [3.63, 3.8) is 0 Å². The second-order valence-electron chi connectivity index (χ2n) is 4.02. The maximum atomic E-state index is 11.2. The molecule has 0 aliphatic rings. The zero-order valence-corrected chi connectivity index (χ0v) is 13.3. The zero-order valence-electron chi connectivity index (χ0n) is 10.5. The Morgan fingerprint density at radius 3 is 2.50 bits per heavy atom. The molecule has 0 aliphatic carbocycles. The third-order valence-corrected chi connectivity index (χ3v) is 3.61. The summed E-state index contributed by atoms with van der Waals surface area (Å²) in [6, 6.07) is 10.4. The van der Waals surface area contributed by atoms with E-state index in [0.717, 1.165) is 23.8 Å². The van der Waals surface area contributed by atoms with Gasteiger partial charge in [-0.3, -0.25) is 0 Å². The number of fused-ring (bicyclic) bond motifs is 1. The molecule has 0 atom stereocenters. The van der Waals surface area contributed by atoms with Gasteiger partial charge in [-0.25, -0.2) is 8.42 Å². The Labute approximate surface area is 129 Å². The molecule has 0 spiro atoms. The fourth-order valence-electron chi connectivity index (χ4n) is 1.95. The second kappa shape index (κ2) is 6.17. The average Bonchev–Trinajstić information content (AvgIpc) is 2.27. The summed E-state index contributed by atoms with van der Waals surface area (Å²) in [5.74, 6) is 0. The fraction of sp³-hybridized carbons (Fsp3) is 0.231. The van der Waals surface area contributed by atoms with Gasteiger partial charge in [-0.2, -0.15) is 0 Å². The predicted octanol–water partition coefficient (Wildman–Crippen LogP) is -0.300. The van der Waals surface area contributed by atoms with Crippen LogP contribution in [0.5, 0.6) is 0 Å². The van der Waals surface area contributed by atoms with Crippen LogP contribution in [0.15, 0.2) is 41.3 Å². The maximum absolute atomic E-state index is 11.2. The molecule has 0 heterocycles. The Morgan fingerprint density at radius 1 is 1.17 bits per heavy atom.